The van der Waals surface area contributed by atoms with Crippen LogP contribution in [0.4, 0.5) is 11.4 Å². The molecule has 0 unspecified atom stereocenters. The minimum absolute atomic E-state index is 0.0941. The molecule has 0 aliphatic rings. The third-order valence-electron chi connectivity index (χ3n) is 2.80. The Morgan fingerprint density at radius 1 is 1.12 bits per heavy atom. The van der Waals surface area contributed by atoms with Gasteiger partial charge in [0.15, 0.2) is 0 Å². The van der Waals surface area contributed by atoms with E-state index in [1.54, 1.807) is 0 Å². The van der Waals surface area contributed by atoms with E-state index in [0.29, 0.717) is 9.40 Å². The molecule has 0 saturated carbocycles. The molecule has 2 rings (SSSR count). The lowest BCUT2D eigenvalue weighted by Crippen LogP contribution is -2.35. The fourth-order valence-electron chi connectivity index (χ4n) is 1.95. The number of benzene rings is 1. The van der Waals surface area contributed by atoms with E-state index in [2.05, 4.69) is 31.2 Å². The van der Waals surface area contributed by atoms with Crippen molar-refractivity contribution in [3.05, 3.63) is 47.0 Å². The lowest BCUT2D eigenvalue weighted by atomic mass is 10.3. The number of hydrogen-bond donors (Lipinski definition) is 1. The van der Waals surface area contributed by atoms with Gasteiger partial charge in [-0.25, -0.2) is 21.8 Å². The Morgan fingerprint density at radius 2 is 1.76 bits per heavy atom. The molecular formula is C13H13BrN4O5S2. The number of sulfonamides is 2. The van der Waals surface area contributed by atoms with E-state index in [-0.39, 0.29) is 15.9 Å². The lowest BCUT2D eigenvalue weighted by Gasteiger charge is -2.21. The first-order chi connectivity index (χ1) is 11.5. The summed E-state index contributed by atoms with van der Waals surface area (Å²) in [7, 11) is -8.13. The molecule has 0 saturated heterocycles. The number of hydrogen-bond acceptors (Lipinski definition) is 7. The van der Waals surface area contributed by atoms with Crippen LogP contribution in [0.2, 0.25) is 0 Å². The molecule has 2 aromatic rings. The molecule has 0 aliphatic carbocycles. The topological polar surface area (TPSA) is 126 Å². The molecule has 1 aromatic heterocycles. The molecule has 0 spiro atoms. The number of anilines is 2. The van der Waals surface area contributed by atoms with Gasteiger partial charge in [-0.05, 0) is 34.1 Å². The molecule has 1 aromatic carbocycles. The second-order valence-electron chi connectivity index (χ2n) is 4.93. The van der Waals surface area contributed by atoms with Crippen molar-refractivity contribution in [3.8, 4) is 0 Å². The number of rotatable bonds is 5. The summed E-state index contributed by atoms with van der Waals surface area (Å²) >= 11 is 3.13. The van der Waals surface area contributed by atoms with Crippen molar-refractivity contribution in [2.45, 2.75) is 0 Å². The quantitative estimate of drug-likeness (QED) is 0.727. The normalized spacial score (nSPS) is 11.8. The number of carbonyl (C=O) groups is 1. The average molecular weight is 449 g/mol. The van der Waals surface area contributed by atoms with Gasteiger partial charge in [-0.1, -0.05) is 0 Å². The maximum absolute atomic E-state index is 12.0. The highest BCUT2D eigenvalue weighted by atomic mass is 79.9. The number of carbonyl (C=O) groups excluding carboxylic acids is 1. The Hall–Kier alpha value is -2.05. The molecule has 0 fully saturated rings. The van der Waals surface area contributed by atoms with Gasteiger partial charge in [-0.3, -0.25) is 9.78 Å². The molecule has 0 bridgehead atoms. The molecule has 25 heavy (non-hydrogen) atoms. The standard InChI is InChI=1S/C13H13BrN4O5S2/c1-24(20,21)18(25(2,22)23)12-4-3-9(7-10(12)14)17-13(19)11-8-15-5-6-16-11/h3-8H,1-2H3,(H,17,19). The number of nitrogens with one attached hydrogen (secondary N) is 1. The Labute approximate surface area is 153 Å². The molecule has 0 radical (unpaired) electrons. The molecule has 12 heteroatoms. The van der Waals surface area contributed by atoms with Crippen molar-refractivity contribution >= 4 is 53.3 Å². The molecule has 9 nitrogen and oxygen atoms in total. The highest BCUT2D eigenvalue weighted by Gasteiger charge is 2.29. The second-order valence-corrected chi connectivity index (χ2v) is 9.68. The van der Waals surface area contributed by atoms with Gasteiger partial charge >= 0.3 is 0 Å². The number of amides is 1. The van der Waals surface area contributed by atoms with Crippen LogP contribution >= 0.6 is 15.9 Å². The summed E-state index contributed by atoms with van der Waals surface area (Å²) in [5, 5.41) is 2.55. The van der Waals surface area contributed by atoms with Gasteiger partial charge in [-0.15, -0.1) is 0 Å². The van der Waals surface area contributed by atoms with Gasteiger partial charge in [0, 0.05) is 22.6 Å². The molecular weight excluding hydrogens is 436 g/mol. The van der Waals surface area contributed by atoms with Crippen LogP contribution in [0.1, 0.15) is 10.5 Å². The maximum atomic E-state index is 12.0. The van der Waals surface area contributed by atoms with E-state index in [1.165, 1.54) is 36.8 Å². The van der Waals surface area contributed by atoms with E-state index in [4.69, 9.17) is 0 Å². The molecule has 1 heterocycles. The summed E-state index contributed by atoms with van der Waals surface area (Å²) in [5.41, 5.74) is 0.312. The number of nitrogens with zero attached hydrogens (tertiary/aromatic N) is 3. The third-order valence-corrected chi connectivity index (χ3v) is 6.66. The lowest BCUT2D eigenvalue weighted by molar-refractivity contribution is 0.102. The largest absolute Gasteiger partial charge is 0.321 e. The Bertz CT molecular complexity index is 978. The van der Waals surface area contributed by atoms with Crippen LogP contribution in [0, 0.1) is 0 Å². The molecule has 1 N–H and O–H groups in total. The van der Waals surface area contributed by atoms with E-state index in [0.717, 1.165) is 12.5 Å². The zero-order chi connectivity index (χ0) is 18.8. The van der Waals surface area contributed by atoms with Crippen LogP contribution in [0.3, 0.4) is 0 Å². The Balaban J connectivity index is 2.36. The summed E-state index contributed by atoms with van der Waals surface area (Å²) < 4.78 is 47.7. The van der Waals surface area contributed by atoms with Crippen molar-refractivity contribution in [2.75, 3.05) is 21.5 Å². The van der Waals surface area contributed by atoms with Crippen molar-refractivity contribution in [1.29, 1.82) is 0 Å². The number of halogens is 1. The molecule has 1 amide bonds. The summed E-state index contributed by atoms with van der Waals surface area (Å²) in [6.45, 7) is 0. The van der Waals surface area contributed by atoms with E-state index in [1.807, 2.05) is 0 Å². The predicted octanol–water partition coefficient (Wildman–Crippen LogP) is 1.22. The van der Waals surface area contributed by atoms with Crippen LogP contribution in [0.15, 0.2) is 41.3 Å². The highest BCUT2D eigenvalue weighted by Crippen LogP contribution is 2.32. The average Bonchev–Trinajstić information content (AvgIpc) is 2.48. The first kappa shape index (κ1) is 19.3. The van der Waals surface area contributed by atoms with Gasteiger partial charge in [0.2, 0.25) is 20.0 Å². The van der Waals surface area contributed by atoms with Gasteiger partial charge < -0.3 is 5.32 Å². The Morgan fingerprint density at radius 3 is 2.24 bits per heavy atom. The summed E-state index contributed by atoms with van der Waals surface area (Å²) in [4.78, 5) is 19.7. The molecule has 0 aliphatic heterocycles. The van der Waals surface area contributed by atoms with E-state index < -0.39 is 26.0 Å². The van der Waals surface area contributed by atoms with Gasteiger partial charge in [-0.2, -0.15) is 3.71 Å². The zero-order valence-corrected chi connectivity index (χ0v) is 16.3. The molecule has 0 atom stereocenters. The van der Waals surface area contributed by atoms with Gasteiger partial charge in [0.25, 0.3) is 5.91 Å². The minimum Gasteiger partial charge on any atom is -0.321 e. The summed E-state index contributed by atoms with van der Waals surface area (Å²) in [5.74, 6) is -0.518. The third kappa shape index (κ3) is 4.74. The predicted molar refractivity (Wildman–Crippen MR) is 96.3 cm³/mol. The molecule has 134 valence electrons. The smallest absolute Gasteiger partial charge is 0.275 e. The van der Waals surface area contributed by atoms with Crippen LogP contribution in [0.25, 0.3) is 0 Å². The van der Waals surface area contributed by atoms with Crippen molar-refractivity contribution in [3.63, 3.8) is 0 Å². The van der Waals surface area contributed by atoms with Crippen molar-refractivity contribution < 1.29 is 21.6 Å². The first-order valence-corrected chi connectivity index (χ1v) is 11.1. The monoisotopic (exact) mass is 448 g/mol. The van der Waals surface area contributed by atoms with E-state index >= 15 is 0 Å². The van der Waals surface area contributed by atoms with Crippen LogP contribution < -0.4 is 9.03 Å². The maximum Gasteiger partial charge on any atom is 0.275 e. The van der Waals surface area contributed by atoms with E-state index in [9.17, 15) is 21.6 Å². The van der Waals surface area contributed by atoms with Crippen molar-refractivity contribution in [2.24, 2.45) is 0 Å². The fraction of sp³-hybridized carbons (Fsp3) is 0.154. The van der Waals surface area contributed by atoms with Gasteiger partial charge in [0.05, 0.1) is 24.4 Å². The van der Waals surface area contributed by atoms with Crippen molar-refractivity contribution in [1.82, 2.24) is 9.97 Å². The minimum atomic E-state index is -4.07. The SMILES string of the molecule is CS(=O)(=O)N(c1ccc(NC(=O)c2cnccn2)cc1Br)S(C)(=O)=O. The van der Waals surface area contributed by atoms with Crippen LogP contribution in [-0.4, -0.2) is 45.2 Å². The number of aromatic nitrogens is 2. The zero-order valence-electron chi connectivity index (χ0n) is 13.0. The Kier molecular flexibility index (Phi) is 5.44. The summed E-state index contributed by atoms with van der Waals surface area (Å²) in [6, 6.07) is 4.02. The first-order valence-electron chi connectivity index (χ1n) is 6.57. The van der Waals surface area contributed by atoms with Crippen LogP contribution in [0.5, 0.6) is 0 Å². The second kappa shape index (κ2) is 7.06. The van der Waals surface area contributed by atoms with Crippen LogP contribution in [-0.2, 0) is 20.0 Å². The van der Waals surface area contributed by atoms with Gasteiger partial charge in [0.1, 0.15) is 5.69 Å². The highest BCUT2D eigenvalue weighted by molar-refractivity contribution is 9.10. The summed E-state index contributed by atoms with van der Waals surface area (Å²) in [6.07, 6.45) is 5.64. The fourth-order valence-corrected chi connectivity index (χ4v) is 5.74.